The molecule has 0 heterocycles. The van der Waals surface area contributed by atoms with E-state index in [1.54, 1.807) is 0 Å². The van der Waals surface area contributed by atoms with E-state index in [0.717, 1.165) is 0 Å². The van der Waals surface area contributed by atoms with Crippen LogP contribution in [0.2, 0.25) is 0 Å². The van der Waals surface area contributed by atoms with Crippen LogP contribution in [0.3, 0.4) is 0 Å². The van der Waals surface area contributed by atoms with Gasteiger partial charge in [-0.3, -0.25) is 0 Å². The Morgan fingerprint density at radius 2 is 1.35 bits per heavy atom. The van der Waals surface area contributed by atoms with Crippen LogP contribution in [0.5, 0.6) is 0 Å². The summed E-state index contributed by atoms with van der Waals surface area (Å²) in [6, 6.07) is 20.0. The maximum absolute atomic E-state index is 3.48. The van der Waals surface area contributed by atoms with Crippen molar-refractivity contribution in [3.63, 3.8) is 0 Å². The molecule has 0 aliphatic heterocycles. The van der Waals surface area contributed by atoms with E-state index in [4.69, 9.17) is 0 Å². The van der Waals surface area contributed by atoms with Gasteiger partial charge in [0.2, 0.25) is 0 Å². The van der Waals surface area contributed by atoms with Crippen molar-refractivity contribution in [2.75, 3.05) is 7.05 Å². The minimum atomic E-state index is 0.454. The van der Waals surface area contributed by atoms with E-state index < -0.39 is 0 Å². The lowest BCUT2D eigenvalue weighted by molar-refractivity contribution is 0.359. The number of benzene rings is 2. The van der Waals surface area contributed by atoms with E-state index in [-0.39, 0.29) is 0 Å². The van der Waals surface area contributed by atoms with Crippen LogP contribution in [-0.4, -0.2) is 7.05 Å². The zero-order chi connectivity index (χ0) is 14.4. The molecule has 20 heavy (non-hydrogen) atoms. The Morgan fingerprint density at radius 3 is 1.85 bits per heavy atom. The van der Waals surface area contributed by atoms with Crippen molar-refractivity contribution in [1.82, 2.24) is 5.32 Å². The first-order chi connectivity index (χ1) is 9.80. The third-order valence-corrected chi connectivity index (χ3v) is 4.21. The van der Waals surface area contributed by atoms with Crippen LogP contribution < -0.4 is 5.32 Å². The Bertz CT molecular complexity index is 497. The topological polar surface area (TPSA) is 12.0 Å². The van der Waals surface area contributed by atoms with E-state index in [1.807, 2.05) is 0 Å². The molecule has 106 valence electrons. The monoisotopic (exact) mass is 267 g/mol. The Morgan fingerprint density at radius 1 is 0.800 bits per heavy atom. The molecule has 0 saturated carbocycles. The normalized spacial score (nSPS) is 12.6. The molecule has 1 atom stereocenters. The fraction of sp³-hybridized carbons (Fsp3) is 0.368. The molecule has 1 N–H and O–H groups in total. The van der Waals surface area contributed by atoms with Gasteiger partial charge < -0.3 is 5.32 Å². The Kier molecular flexibility index (Phi) is 5.37. The van der Waals surface area contributed by atoms with Crippen LogP contribution in [0.4, 0.5) is 0 Å². The smallest absolute Gasteiger partial charge is 0.0345 e. The second-order valence-corrected chi connectivity index (χ2v) is 5.33. The third-order valence-electron chi connectivity index (χ3n) is 4.21. The van der Waals surface area contributed by atoms with E-state index in [1.165, 1.54) is 29.5 Å². The lowest BCUT2D eigenvalue weighted by atomic mass is 9.88. The van der Waals surface area contributed by atoms with Crippen molar-refractivity contribution in [2.45, 2.75) is 32.7 Å². The standard InChI is InChI=1S/C19H25N/c1-4-15(5-2)19(20-3)18-13-11-17(12-14-18)16-9-7-6-8-10-16/h6-15,19-20H,4-5H2,1-3H3. The Balaban J connectivity index is 2.23. The SMILES string of the molecule is CCC(CC)C(NC)c1ccc(-c2ccccc2)cc1. The highest BCUT2D eigenvalue weighted by molar-refractivity contribution is 5.63. The summed E-state index contributed by atoms with van der Waals surface area (Å²) in [6.07, 6.45) is 2.42. The summed E-state index contributed by atoms with van der Waals surface area (Å²) < 4.78 is 0. The summed E-state index contributed by atoms with van der Waals surface area (Å²) in [5.41, 5.74) is 3.96. The predicted molar refractivity (Wildman–Crippen MR) is 87.8 cm³/mol. The van der Waals surface area contributed by atoms with Crippen LogP contribution >= 0.6 is 0 Å². The molecule has 0 fully saturated rings. The highest BCUT2D eigenvalue weighted by Crippen LogP contribution is 2.28. The molecule has 0 aromatic heterocycles. The van der Waals surface area contributed by atoms with Crippen LogP contribution in [0.25, 0.3) is 11.1 Å². The minimum absolute atomic E-state index is 0.454. The maximum atomic E-state index is 3.48. The first kappa shape index (κ1) is 14.8. The molecule has 0 radical (unpaired) electrons. The minimum Gasteiger partial charge on any atom is -0.313 e. The van der Waals surface area contributed by atoms with Crippen molar-refractivity contribution < 1.29 is 0 Å². The maximum Gasteiger partial charge on any atom is 0.0345 e. The molecule has 0 aliphatic carbocycles. The quantitative estimate of drug-likeness (QED) is 0.772. The molecule has 2 aromatic carbocycles. The number of hydrogen-bond acceptors (Lipinski definition) is 1. The van der Waals surface area contributed by atoms with Gasteiger partial charge in [-0.15, -0.1) is 0 Å². The van der Waals surface area contributed by atoms with Crippen LogP contribution in [0.1, 0.15) is 38.3 Å². The van der Waals surface area contributed by atoms with E-state index in [9.17, 15) is 0 Å². The van der Waals surface area contributed by atoms with Gasteiger partial charge in [0.15, 0.2) is 0 Å². The molecule has 0 aliphatic rings. The molecule has 0 amide bonds. The van der Waals surface area contributed by atoms with Gasteiger partial charge in [0.1, 0.15) is 0 Å². The summed E-state index contributed by atoms with van der Waals surface area (Å²) in [5.74, 6) is 0.697. The Hall–Kier alpha value is -1.60. The van der Waals surface area contributed by atoms with Crippen LogP contribution in [0.15, 0.2) is 54.6 Å². The molecule has 0 bridgehead atoms. The highest BCUT2D eigenvalue weighted by Gasteiger charge is 2.18. The van der Waals surface area contributed by atoms with Crippen molar-refractivity contribution in [2.24, 2.45) is 5.92 Å². The number of nitrogens with one attached hydrogen (secondary N) is 1. The molecule has 0 spiro atoms. The van der Waals surface area contributed by atoms with Gasteiger partial charge in [0.25, 0.3) is 0 Å². The second-order valence-electron chi connectivity index (χ2n) is 5.33. The summed E-state index contributed by atoms with van der Waals surface area (Å²) in [5, 5.41) is 3.48. The number of rotatable bonds is 6. The molecule has 2 rings (SSSR count). The largest absolute Gasteiger partial charge is 0.313 e. The average Bonchev–Trinajstić information content (AvgIpc) is 2.53. The van der Waals surface area contributed by atoms with Gasteiger partial charge in [-0.1, -0.05) is 81.3 Å². The molecule has 1 heteroatoms. The summed E-state index contributed by atoms with van der Waals surface area (Å²) in [4.78, 5) is 0. The van der Waals surface area contributed by atoms with Gasteiger partial charge in [0.05, 0.1) is 0 Å². The van der Waals surface area contributed by atoms with Crippen molar-refractivity contribution >= 4 is 0 Å². The molecular weight excluding hydrogens is 242 g/mol. The summed E-state index contributed by atoms with van der Waals surface area (Å²) >= 11 is 0. The second kappa shape index (κ2) is 7.25. The number of hydrogen-bond donors (Lipinski definition) is 1. The molecule has 2 aromatic rings. The lowest BCUT2D eigenvalue weighted by Gasteiger charge is -2.25. The van der Waals surface area contributed by atoms with Gasteiger partial charge in [-0.05, 0) is 29.7 Å². The van der Waals surface area contributed by atoms with Gasteiger partial charge in [-0.25, -0.2) is 0 Å². The molecule has 0 saturated heterocycles. The van der Waals surface area contributed by atoms with Crippen molar-refractivity contribution in [1.29, 1.82) is 0 Å². The Labute approximate surface area is 123 Å². The van der Waals surface area contributed by atoms with Gasteiger partial charge in [0, 0.05) is 6.04 Å². The molecule has 1 nitrogen and oxygen atoms in total. The lowest BCUT2D eigenvalue weighted by Crippen LogP contribution is -2.24. The summed E-state index contributed by atoms with van der Waals surface area (Å²) in [6.45, 7) is 4.55. The van der Waals surface area contributed by atoms with E-state index in [0.29, 0.717) is 12.0 Å². The van der Waals surface area contributed by atoms with E-state index in [2.05, 4.69) is 80.8 Å². The third kappa shape index (κ3) is 3.29. The zero-order valence-corrected chi connectivity index (χ0v) is 12.8. The first-order valence-electron chi connectivity index (χ1n) is 7.62. The van der Waals surface area contributed by atoms with Crippen molar-refractivity contribution in [3.8, 4) is 11.1 Å². The predicted octanol–water partition coefficient (Wildman–Crippen LogP) is 5.05. The van der Waals surface area contributed by atoms with Crippen LogP contribution in [0, 0.1) is 5.92 Å². The molecular formula is C19H25N. The fourth-order valence-electron chi connectivity index (χ4n) is 2.95. The zero-order valence-electron chi connectivity index (χ0n) is 12.8. The fourth-order valence-corrected chi connectivity index (χ4v) is 2.95. The van der Waals surface area contributed by atoms with Crippen LogP contribution in [-0.2, 0) is 0 Å². The first-order valence-corrected chi connectivity index (χ1v) is 7.62. The van der Waals surface area contributed by atoms with Gasteiger partial charge >= 0.3 is 0 Å². The van der Waals surface area contributed by atoms with E-state index >= 15 is 0 Å². The van der Waals surface area contributed by atoms with Gasteiger partial charge in [-0.2, -0.15) is 0 Å². The average molecular weight is 267 g/mol. The highest BCUT2D eigenvalue weighted by atomic mass is 14.9. The van der Waals surface area contributed by atoms with Crippen molar-refractivity contribution in [3.05, 3.63) is 60.2 Å². The molecule has 1 unspecified atom stereocenters. The summed E-state index contributed by atoms with van der Waals surface area (Å²) in [7, 11) is 2.06.